The minimum absolute atomic E-state index is 0.0153. The van der Waals surface area contributed by atoms with Crippen molar-refractivity contribution in [2.45, 2.75) is 83.6 Å². The Labute approximate surface area is 223 Å². The van der Waals surface area contributed by atoms with Gasteiger partial charge >= 0.3 is 0 Å². The van der Waals surface area contributed by atoms with Gasteiger partial charge < -0.3 is 15.0 Å². The molecule has 202 valence electrons. The first-order valence-corrected chi connectivity index (χ1v) is 14.6. The largest absolute Gasteiger partial charge is 0.385 e. The molecule has 2 unspecified atom stereocenters. The number of amides is 1. The molecule has 1 aliphatic heterocycles. The van der Waals surface area contributed by atoms with Crippen LogP contribution in [0, 0.1) is 17.3 Å². The number of rotatable bonds is 13. The van der Waals surface area contributed by atoms with Crippen LogP contribution in [-0.4, -0.2) is 62.9 Å². The highest BCUT2D eigenvalue weighted by Gasteiger charge is 2.30. The fourth-order valence-electron chi connectivity index (χ4n) is 4.52. The number of benzene rings is 1. The molecule has 2 fully saturated rings. The fourth-order valence-corrected chi connectivity index (χ4v) is 5.58. The predicted octanol–water partition coefficient (Wildman–Crippen LogP) is 6.32. The van der Waals surface area contributed by atoms with Crippen molar-refractivity contribution in [1.82, 2.24) is 9.62 Å². The molecule has 3 rings (SSSR count). The van der Waals surface area contributed by atoms with Crippen molar-refractivity contribution >= 4 is 35.4 Å². The maximum atomic E-state index is 12.6. The third-order valence-electron chi connectivity index (χ3n) is 7.04. The number of methoxy groups -OCH3 is 1. The molecule has 2 aliphatic rings. The van der Waals surface area contributed by atoms with Gasteiger partial charge in [0.25, 0.3) is 0 Å². The number of carbonyl (C=O) groups excluding carboxylic acids is 1. The molecule has 1 aliphatic carbocycles. The van der Waals surface area contributed by atoms with Gasteiger partial charge in [0, 0.05) is 57.6 Å². The summed E-state index contributed by atoms with van der Waals surface area (Å²) in [6, 6.07) is 7.08. The second-order valence-electron chi connectivity index (χ2n) is 11.6. The zero-order chi connectivity index (χ0) is 26.1. The topological polar surface area (TPSA) is 57.2 Å². The van der Waals surface area contributed by atoms with Crippen LogP contribution in [0.25, 0.3) is 0 Å². The highest BCUT2D eigenvalue weighted by molar-refractivity contribution is 7.97. The van der Waals surface area contributed by atoms with E-state index in [1.807, 2.05) is 0 Å². The zero-order valence-corrected chi connectivity index (χ0v) is 24.2. The molecule has 1 heterocycles. The van der Waals surface area contributed by atoms with Gasteiger partial charge in [-0.2, -0.15) is 0 Å². The summed E-state index contributed by atoms with van der Waals surface area (Å²) in [7, 11) is 3.96. The molecule has 0 bridgehead atoms. The number of anilines is 1. The Morgan fingerprint density at radius 1 is 1.31 bits per heavy atom. The van der Waals surface area contributed by atoms with Crippen LogP contribution in [0.3, 0.4) is 0 Å². The molecule has 0 spiro atoms. The van der Waals surface area contributed by atoms with E-state index < -0.39 is 0 Å². The lowest BCUT2D eigenvalue weighted by molar-refractivity contribution is -0.126. The van der Waals surface area contributed by atoms with Crippen molar-refractivity contribution in [1.29, 1.82) is 0 Å². The van der Waals surface area contributed by atoms with Crippen LogP contribution < -0.4 is 10.2 Å². The molecular formula is C29H48N4O2S. The Bertz CT molecular complexity index is 865. The predicted molar refractivity (Wildman–Crippen MR) is 154 cm³/mol. The summed E-state index contributed by atoms with van der Waals surface area (Å²) in [5.41, 5.74) is 2.20. The van der Waals surface area contributed by atoms with Crippen molar-refractivity contribution in [2.24, 2.45) is 22.2 Å². The van der Waals surface area contributed by atoms with E-state index in [9.17, 15) is 4.79 Å². The van der Waals surface area contributed by atoms with E-state index in [2.05, 4.69) is 73.7 Å². The summed E-state index contributed by atoms with van der Waals surface area (Å²) in [4.78, 5) is 21.1. The second-order valence-corrected chi connectivity index (χ2v) is 12.8. The van der Waals surface area contributed by atoms with Crippen LogP contribution in [0.1, 0.15) is 72.6 Å². The second kappa shape index (κ2) is 13.8. The van der Waals surface area contributed by atoms with Crippen LogP contribution in [0.15, 0.2) is 28.1 Å². The minimum Gasteiger partial charge on any atom is -0.385 e. The van der Waals surface area contributed by atoms with E-state index >= 15 is 0 Å². The van der Waals surface area contributed by atoms with Crippen LogP contribution in [0.5, 0.6) is 0 Å². The van der Waals surface area contributed by atoms with E-state index in [0.29, 0.717) is 12.0 Å². The number of hydrogen-bond acceptors (Lipinski definition) is 6. The Morgan fingerprint density at radius 3 is 2.75 bits per heavy atom. The molecule has 1 aromatic carbocycles. The average Bonchev–Trinajstić information content (AvgIpc) is 3.66. The molecule has 1 N–H and O–H groups in total. The van der Waals surface area contributed by atoms with Gasteiger partial charge in [-0.25, -0.2) is 4.31 Å². The minimum atomic E-state index is 0.0153. The fraction of sp³-hybridized carbons (Fsp3) is 0.724. The Morgan fingerprint density at radius 2 is 2.08 bits per heavy atom. The highest BCUT2D eigenvalue weighted by atomic mass is 32.2. The summed E-state index contributed by atoms with van der Waals surface area (Å²) in [6.45, 7) is 12.5. The van der Waals surface area contributed by atoms with Gasteiger partial charge in [-0.05, 0) is 80.0 Å². The average molecular weight is 517 g/mol. The van der Waals surface area contributed by atoms with E-state index in [0.717, 1.165) is 70.5 Å². The normalized spacial score (nSPS) is 20.0. The van der Waals surface area contributed by atoms with Crippen LogP contribution in [0.2, 0.25) is 0 Å². The molecule has 1 saturated heterocycles. The highest BCUT2D eigenvalue weighted by Crippen LogP contribution is 2.36. The van der Waals surface area contributed by atoms with Crippen molar-refractivity contribution in [2.75, 3.05) is 45.3 Å². The molecule has 1 saturated carbocycles. The number of nitrogens with one attached hydrogen (secondary N) is 1. The summed E-state index contributed by atoms with van der Waals surface area (Å²) in [6.07, 6.45) is 9.83. The van der Waals surface area contributed by atoms with Gasteiger partial charge in [0.1, 0.15) is 0 Å². The SMILES string of the molecule is CCC(CCOC)CCN(C)c1ccc(SN2CCCC(C(=O)NC3CC3)C2)cc1N=CC(C)(C)C. The third-order valence-corrected chi connectivity index (χ3v) is 8.10. The van der Waals surface area contributed by atoms with E-state index in [4.69, 9.17) is 9.73 Å². The first kappa shape index (κ1) is 29.0. The number of ether oxygens (including phenoxy) is 1. The number of hydrogen-bond donors (Lipinski definition) is 1. The van der Waals surface area contributed by atoms with Crippen LogP contribution in [0.4, 0.5) is 11.4 Å². The van der Waals surface area contributed by atoms with Gasteiger partial charge in [0.05, 0.1) is 17.3 Å². The lowest BCUT2D eigenvalue weighted by Gasteiger charge is -2.31. The monoisotopic (exact) mass is 516 g/mol. The van der Waals surface area contributed by atoms with Crippen LogP contribution >= 0.6 is 11.9 Å². The van der Waals surface area contributed by atoms with Gasteiger partial charge in [-0.15, -0.1) is 0 Å². The molecular weight excluding hydrogens is 468 g/mol. The van der Waals surface area contributed by atoms with Crippen molar-refractivity contribution in [3.63, 3.8) is 0 Å². The molecule has 1 amide bonds. The van der Waals surface area contributed by atoms with Gasteiger partial charge in [0.2, 0.25) is 5.91 Å². The number of carbonyl (C=O) groups is 1. The first-order valence-electron chi connectivity index (χ1n) is 13.8. The molecule has 36 heavy (non-hydrogen) atoms. The summed E-state index contributed by atoms with van der Waals surface area (Å²) in [5, 5.41) is 3.20. The zero-order valence-electron chi connectivity index (χ0n) is 23.4. The molecule has 6 nitrogen and oxygen atoms in total. The molecule has 1 aromatic rings. The van der Waals surface area contributed by atoms with E-state index in [1.165, 1.54) is 17.0 Å². The number of aliphatic imine (C=N–C) groups is 1. The summed E-state index contributed by atoms with van der Waals surface area (Å²) >= 11 is 1.77. The Kier molecular flexibility index (Phi) is 11.1. The summed E-state index contributed by atoms with van der Waals surface area (Å²) in [5.74, 6) is 1.01. The van der Waals surface area contributed by atoms with E-state index in [-0.39, 0.29) is 17.2 Å². The maximum absolute atomic E-state index is 12.6. The molecule has 7 heteroatoms. The van der Waals surface area contributed by atoms with Crippen molar-refractivity contribution < 1.29 is 9.53 Å². The van der Waals surface area contributed by atoms with E-state index in [1.54, 1.807) is 19.1 Å². The lowest BCUT2D eigenvalue weighted by atomic mass is 9.98. The number of nitrogens with zero attached hydrogens (tertiary/aromatic N) is 3. The lowest BCUT2D eigenvalue weighted by Crippen LogP contribution is -2.41. The van der Waals surface area contributed by atoms with Crippen molar-refractivity contribution in [3.8, 4) is 0 Å². The molecule has 0 radical (unpaired) electrons. The standard InChI is InChI=1S/C29H48N4O2S/c1-7-22(15-18-35-6)14-17-32(5)27-13-12-25(19-26(27)30-21-29(2,3)4)36-33-16-8-9-23(20-33)28(34)31-24-10-11-24/h12-13,19,21-24H,7-11,14-18,20H2,1-6H3,(H,31,34). The Hall–Kier alpha value is -1.57. The quantitative estimate of drug-likeness (QED) is 0.245. The van der Waals surface area contributed by atoms with Gasteiger partial charge in [0.15, 0.2) is 0 Å². The van der Waals surface area contributed by atoms with Gasteiger partial charge in [-0.3, -0.25) is 9.79 Å². The maximum Gasteiger partial charge on any atom is 0.224 e. The van der Waals surface area contributed by atoms with Gasteiger partial charge in [-0.1, -0.05) is 34.1 Å². The first-order chi connectivity index (χ1) is 17.2. The smallest absolute Gasteiger partial charge is 0.224 e. The third kappa shape index (κ3) is 9.71. The van der Waals surface area contributed by atoms with Crippen LogP contribution in [-0.2, 0) is 9.53 Å². The van der Waals surface area contributed by atoms with Crippen molar-refractivity contribution in [3.05, 3.63) is 18.2 Å². The number of piperidine rings is 1. The summed E-state index contributed by atoms with van der Waals surface area (Å²) < 4.78 is 7.66. The molecule has 0 aromatic heterocycles. The Balaban J connectivity index is 1.68. The molecule has 2 atom stereocenters.